The molecule has 0 atom stereocenters. The number of amides is 2. The zero-order chi connectivity index (χ0) is 12.7. The molecule has 1 aromatic rings. The standard InChI is InChI=1S/C13H16N2O2/c1-10(16)15-9-5-4-7-11-6-2-3-8-12(11)13(14)17/h2-4,6-8H,5,9H2,1H3,(H2,14,17)(H,15,16). The van der Waals surface area contributed by atoms with Crippen LogP contribution in [0.25, 0.3) is 6.08 Å². The summed E-state index contributed by atoms with van der Waals surface area (Å²) in [6.07, 6.45) is 4.45. The molecular formula is C13H16N2O2. The van der Waals surface area contributed by atoms with Gasteiger partial charge in [0.05, 0.1) is 0 Å². The lowest BCUT2D eigenvalue weighted by Gasteiger charge is -2.01. The van der Waals surface area contributed by atoms with E-state index < -0.39 is 5.91 Å². The first-order chi connectivity index (χ1) is 8.11. The van der Waals surface area contributed by atoms with Gasteiger partial charge in [-0.1, -0.05) is 30.4 Å². The maximum atomic E-state index is 11.1. The van der Waals surface area contributed by atoms with Crippen molar-refractivity contribution >= 4 is 17.9 Å². The first kappa shape index (κ1) is 13.0. The van der Waals surface area contributed by atoms with Crippen LogP contribution in [0.4, 0.5) is 0 Å². The van der Waals surface area contributed by atoms with Crippen LogP contribution in [0.1, 0.15) is 29.3 Å². The van der Waals surface area contributed by atoms with E-state index >= 15 is 0 Å². The van der Waals surface area contributed by atoms with Gasteiger partial charge < -0.3 is 11.1 Å². The van der Waals surface area contributed by atoms with Gasteiger partial charge in [-0.15, -0.1) is 0 Å². The zero-order valence-electron chi connectivity index (χ0n) is 9.77. The number of hydrogen-bond donors (Lipinski definition) is 2. The second kappa shape index (κ2) is 6.48. The van der Waals surface area contributed by atoms with Crippen LogP contribution in [0.15, 0.2) is 30.3 Å². The maximum absolute atomic E-state index is 11.1. The molecule has 0 radical (unpaired) electrons. The number of benzene rings is 1. The van der Waals surface area contributed by atoms with Crippen LogP contribution in [0.2, 0.25) is 0 Å². The molecule has 4 heteroatoms. The Morgan fingerprint density at radius 2 is 2.06 bits per heavy atom. The fourth-order valence-electron chi connectivity index (χ4n) is 1.41. The van der Waals surface area contributed by atoms with Gasteiger partial charge in [-0.25, -0.2) is 0 Å². The van der Waals surface area contributed by atoms with E-state index in [1.54, 1.807) is 12.1 Å². The van der Waals surface area contributed by atoms with Crippen LogP contribution in [0.5, 0.6) is 0 Å². The predicted molar refractivity (Wildman–Crippen MR) is 67.3 cm³/mol. The summed E-state index contributed by atoms with van der Waals surface area (Å²) in [5, 5.41) is 2.69. The van der Waals surface area contributed by atoms with E-state index in [0.29, 0.717) is 18.5 Å². The molecule has 0 spiro atoms. The number of nitrogens with one attached hydrogen (secondary N) is 1. The number of primary amides is 1. The van der Waals surface area contributed by atoms with E-state index in [2.05, 4.69) is 5.32 Å². The van der Waals surface area contributed by atoms with E-state index in [0.717, 1.165) is 5.56 Å². The minimum Gasteiger partial charge on any atom is -0.366 e. The third-order valence-corrected chi connectivity index (χ3v) is 2.21. The van der Waals surface area contributed by atoms with Crippen molar-refractivity contribution in [3.05, 3.63) is 41.5 Å². The molecule has 0 fully saturated rings. The molecule has 0 heterocycles. The predicted octanol–water partition coefficient (Wildman–Crippen LogP) is 1.32. The normalized spacial score (nSPS) is 10.4. The SMILES string of the molecule is CC(=O)NCCC=Cc1ccccc1C(N)=O. The number of hydrogen-bond acceptors (Lipinski definition) is 2. The van der Waals surface area contributed by atoms with E-state index in [9.17, 15) is 9.59 Å². The number of carbonyl (C=O) groups excluding carboxylic acids is 2. The fourth-order valence-corrected chi connectivity index (χ4v) is 1.41. The zero-order valence-corrected chi connectivity index (χ0v) is 9.77. The number of rotatable bonds is 5. The van der Waals surface area contributed by atoms with Gasteiger partial charge in [0.1, 0.15) is 0 Å². The van der Waals surface area contributed by atoms with Crippen molar-refractivity contribution in [3.8, 4) is 0 Å². The van der Waals surface area contributed by atoms with Gasteiger partial charge in [-0.05, 0) is 18.1 Å². The Balaban J connectivity index is 2.59. The molecule has 3 N–H and O–H groups in total. The van der Waals surface area contributed by atoms with Gasteiger partial charge in [0.2, 0.25) is 11.8 Å². The largest absolute Gasteiger partial charge is 0.366 e. The Morgan fingerprint density at radius 1 is 1.35 bits per heavy atom. The summed E-state index contributed by atoms with van der Waals surface area (Å²) in [6.45, 7) is 2.07. The summed E-state index contributed by atoms with van der Waals surface area (Å²) >= 11 is 0. The van der Waals surface area contributed by atoms with Gasteiger partial charge in [0.25, 0.3) is 0 Å². The van der Waals surface area contributed by atoms with Gasteiger partial charge in [-0.3, -0.25) is 9.59 Å². The lowest BCUT2D eigenvalue weighted by molar-refractivity contribution is -0.118. The fraction of sp³-hybridized carbons (Fsp3) is 0.231. The molecule has 4 nitrogen and oxygen atoms in total. The first-order valence-corrected chi connectivity index (χ1v) is 5.41. The maximum Gasteiger partial charge on any atom is 0.249 e. The summed E-state index contributed by atoms with van der Waals surface area (Å²) < 4.78 is 0. The van der Waals surface area contributed by atoms with Crippen molar-refractivity contribution in [2.45, 2.75) is 13.3 Å². The molecule has 0 aromatic heterocycles. The second-order valence-electron chi connectivity index (χ2n) is 3.63. The molecule has 1 rings (SSSR count). The highest BCUT2D eigenvalue weighted by molar-refractivity contribution is 5.96. The van der Waals surface area contributed by atoms with E-state index in [4.69, 9.17) is 5.73 Å². The number of carbonyl (C=O) groups is 2. The molecule has 0 bridgehead atoms. The summed E-state index contributed by atoms with van der Waals surface area (Å²) in [7, 11) is 0. The van der Waals surface area contributed by atoms with Crippen LogP contribution in [-0.4, -0.2) is 18.4 Å². The monoisotopic (exact) mass is 232 g/mol. The Hall–Kier alpha value is -2.10. The molecule has 0 saturated carbocycles. The molecule has 17 heavy (non-hydrogen) atoms. The second-order valence-corrected chi connectivity index (χ2v) is 3.63. The smallest absolute Gasteiger partial charge is 0.249 e. The number of nitrogens with two attached hydrogens (primary N) is 1. The average Bonchev–Trinajstić information content (AvgIpc) is 2.28. The Morgan fingerprint density at radius 3 is 2.71 bits per heavy atom. The highest BCUT2D eigenvalue weighted by atomic mass is 16.1. The van der Waals surface area contributed by atoms with Gasteiger partial charge in [-0.2, -0.15) is 0 Å². The highest BCUT2D eigenvalue weighted by Crippen LogP contribution is 2.10. The summed E-state index contributed by atoms with van der Waals surface area (Å²) in [5.74, 6) is -0.483. The minimum absolute atomic E-state index is 0.0454. The molecule has 0 saturated heterocycles. The van der Waals surface area contributed by atoms with Crippen molar-refractivity contribution in [2.75, 3.05) is 6.54 Å². The minimum atomic E-state index is -0.438. The molecule has 0 aliphatic heterocycles. The van der Waals surface area contributed by atoms with Crippen molar-refractivity contribution in [2.24, 2.45) is 5.73 Å². The van der Waals surface area contributed by atoms with Gasteiger partial charge >= 0.3 is 0 Å². The van der Waals surface area contributed by atoms with Crippen LogP contribution in [0.3, 0.4) is 0 Å². The third-order valence-electron chi connectivity index (χ3n) is 2.21. The van der Waals surface area contributed by atoms with Crippen LogP contribution < -0.4 is 11.1 Å². The molecule has 2 amide bonds. The lowest BCUT2D eigenvalue weighted by atomic mass is 10.1. The molecule has 0 unspecified atom stereocenters. The highest BCUT2D eigenvalue weighted by Gasteiger charge is 2.03. The quantitative estimate of drug-likeness (QED) is 0.751. The van der Waals surface area contributed by atoms with Crippen LogP contribution >= 0.6 is 0 Å². The Bertz CT molecular complexity index is 439. The van der Waals surface area contributed by atoms with Crippen molar-refractivity contribution in [1.82, 2.24) is 5.32 Å². The van der Waals surface area contributed by atoms with Crippen LogP contribution in [-0.2, 0) is 4.79 Å². The van der Waals surface area contributed by atoms with E-state index in [1.165, 1.54) is 6.92 Å². The summed E-state index contributed by atoms with van der Waals surface area (Å²) in [6, 6.07) is 7.14. The first-order valence-electron chi connectivity index (χ1n) is 5.41. The van der Waals surface area contributed by atoms with Crippen molar-refractivity contribution in [1.29, 1.82) is 0 Å². The molecule has 0 aliphatic carbocycles. The van der Waals surface area contributed by atoms with Gasteiger partial charge in [0.15, 0.2) is 0 Å². The Kier molecular flexibility index (Phi) is 4.94. The van der Waals surface area contributed by atoms with Gasteiger partial charge in [0, 0.05) is 19.0 Å². The topological polar surface area (TPSA) is 72.2 Å². The van der Waals surface area contributed by atoms with Crippen molar-refractivity contribution < 1.29 is 9.59 Å². The molecular weight excluding hydrogens is 216 g/mol. The summed E-state index contributed by atoms with van der Waals surface area (Å²) in [5.41, 5.74) is 6.55. The van der Waals surface area contributed by atoms with Crippen LogP contribution in [0, 0.1) is 0 Å². The summed E-state index contributed by atoms with van der Waals surface area (Å²) in [4.78, 5) is 21.8. The molecule has 1 aromatic carbocycles. The van der Waals surface area contributed by atoms with E-state index in [-0.39, 0.29) is 5.91 Å². The van der Waals surface area contributed by atoms with Crippen molar-refractivity contribution in [3.63, 3.8) is 0 Å². The molecule has 0 aliphatic rings. The van der Waals surface area contributed by atoms with E-state index in [1.807, 2.05) is 24.3 Å². The third kappa shape index (κ3) is 4.51. The Labute approximate surface area is 101 Å². The lowest BCUT2D eigenvalue weighted by Crippen LogP contribution is -2.20. The molecule has 90 valence electrons. The average molecular weight is 232 g/mol.